The maximum atomic E-state index is 13.2. The zero-order valence-electron chi connectivity index (χ0n) is 13.4. The SMILES string of the molecule is CC1(C)OB(c2ccc(C3=CCC(F)(F)CC3)s2)OC1(C)C. The largest absolute Gasteiger partial charge is 0.505 e. The summed E-state index contributed by atoms with van der Waals surface area (Å²) in [7, 11) is -0.380. The van der Waals surface area contributed by atoms with E-state index in [1.54, 1.807) is 17.4 Å². The molecule has 0 aromatic carbocycles. The molecular formula is C16H21BF2O2S. The van der Waals surface area contributed by atoms with E-state index in [4.69, 9.17) is 9.31 Å². The van der Waals surface area contributed by atoms with E-state index in [-0.39, 0.29) is 31.2 Å². The minimum absolute atomic E-state index is 0.0669. The van der Waals surface area contributed by atoms with Crippen molar-refractivity contribution in [2.24, 2.45) is 0 Å². The summed E-state index contributed by atoms with van der Waals surface area (Å²) in [5, 5.41) is 0. The van der Waals surface area contributed by atoms with Crippen LogP contribution in [0.1, 0.15) is 51.8 Å². The quantitative estimate of drug-likeness (QED) is 0.757. The van der Waals surface area contributed by atoms with Gasteiger partial charge in [0.15, 0.2) is 0 Å². The van der Waals surface area contributed by atoms with Crippen LogP contribution in [-0.2, 0) is 9.31 Å². The van der Waals surface area contributed by atoms with E-state index in [0.717, 1.165) is 15.2 Å². The number of thiophene rings is 1. The number of allylic oxidation sites excluding steroid dienone is 2. The molecular weight excluding hydrogens is 305 g/mol. The molecule has 0 bridgehead atoms. The zero-order chi connectivity index (χ0) is 16.2. The lowest BCUT2D eigenvalue weighted by atomic mass is 9.88. The third kappa shape index (κ3) is 2.88. The van der Waals surface area contributed by atoms with Crippen LogP contribution >= 0.6 is 11.3 Å². The molecule has 1 aliphatic carbocycles. The summed E-state index contributed by atoms with van der Waals surface area (Å²) >= 11 is 1.58. The Morgan fingerprint density at radius 2 is 1.73 bits per heavy atom. The van der Waals surface area contributed by atoms with Crippen molar-refractivity contribution in [1.29, 1.82) is 0 Å². The zero-order valence-corrected chi connectivity index (χ0v) is 14.2. The minimum atomic E-state index is -2.55. The van der Waals surface area contributed by atoms with E-state index in [0.29, 0.717) is 6.42 Å². The summed E-state index contributed by atoms with van der Waals surface area (Å²) in [5.74, 6) is -2.55. The first-order chi connectivity index (χ1) is 10.1. The van der Waals surface area contributed by atoms with Gasteiger partial charge in [0.2, 0.25) is 0 Å². The normalized spacial score (nSPS) is 26.1. The summed E-state index contributed by atoms with van der Waals surface area (Å²) < 4.78 is 39.5. The van der Waals surface area contributed by atoms with Gasteiger partial charge in [-0.25, -0.2) is 8.78 Å². The van der Waals surface area contributed by atoms with E-state index in [2.05, 4.69) is 0 Å². The Balaban J connectivity index is 1.77. The molecule has 1 aromatic heterocycles. The number of hydrogen-bond donors (Lipinski definition) is 0. The lowest BCUT2D eigenvalue weighted by Crippen LogP contribution is -2.41. The Labute approximate surface area is 134 Å². The van der Waals surface area contributed by atoms with Crippen molar-refractivity contribution in [3.8, 4) is 0 Å². The highest BCUT2D eigenvalue weighted by Gasteiger charge is 2.52. The molecule has 2 heterocycles. The Kier molecular flexibility index (Phi) is 3.78. The second-order valence-corrected chi connectivity index (χ2v) is 8.20. The summed E-state index contributed by atoms with van der Waals surface area (Å²) in [5.41, 5.74) is 0.279. The molecule has 1 aliphatic heterocycles. The van der Waals surface area contributed by atoms with Crippen LogP contribution in [0.25, 0.3) is 5.57 Å². The lowest BCUT2D eigenvalue weighted by Gasteiger charge is -2.32. The fraction of sp³-hybridized carbons (Fsp3) is 0.625. The molecule has 1 aromatic rings. The molecule has 6 heteroatoms. The Morgan fingerprint density at radius 1 is 1.09 bits per heavy atom. The van der Waals surface area contributed by atoms with Gasteiger partial charge in [-0.05, 0) is 45.8 Å². The van der Waals surface area contributed by atoms with Gasteiger partial charge in [-0.2, -0.15) is 0 Å². The number of rotatable bonds is 2. The molecule has 0 saturated carbocycles. The van der Waals surface area contributed by atoms with Gasteiger partial charge >= 0.3 is 7.12 Å². The molecule has 2 nitrogen and oxygen atoms in total. The summed E-state index contributed by atoms with van der Waals surface area (Å²) in [6, 6.07) is 3.97. The fourth-order valence-electron chi connectivity index (χ4n) is 2.63. The lowest BCUT2D eigenvalue weighted by molar-refractivity contribution is -0.00600. The van der Waals surface area contributed by atoms with E-state index in [9.17, 15) is 8.78 Å². The first-order valence-corrected chi connectivity index (χ1v) is 8.44. The summed E-state index contributed by atoms with van der Waals surface area (Å²) in [4.78, 5) is 1.04. The van der Waals surface area contributed by atoms with Crippen LogP contribution in [0.2, 0.25) is 0 Å². The Bertz CT molecular complexity index is 591. The van der Waals surface area contributed by atoms with Gasteiger partial charge in [-0.3, -0.25) is 0 Å². The van der Waals surface area contributed by atoms with Gasteiger partial charge in [0.1, 0.15) is 0 Å². The topological polar surface area (TPSA) is 18.5 Å². The minimum Gasteiger partial charge on any atom is -0.399 e. The molecule has 0 radical (unpaired) electrons. The van der Waals surface area contributed by atoms with Crippen molar-refractivity contribution in [3.63, 3.8) is 0 Å². The second kappa shape index (κ2) is 5.15. The van der Waals surface area contributed by atoms with Gasteiger partial charge in [0.05, 0.1) is 11.2 Å². The van der Waals surface area contributed by atoms with Crippen LogP contribution in [0, 0.1) is 0 Å². The molecule has 0 N–H and O–H groups in total. The average Bonchev–Trinajstić information content (AvgIpc) is 2.93. The maximum Gasteiger partial charge on any atom is 0.505 e. The molecule has 0 amide bonds. The van der Waals surface area contributed by atoms with Gasteiger partial charge in [0, 0.05) is 22.5 Å². The summed E-state index contributed by atoms with van der Waals surface area (Å²) in [6.45, 7) is 8.08. The van der Waals surface area contributed by atoms with E-state index in [1.165, 1.54) is 0 Å². The summed E-state index contributed by atoms with van der Waals surface area (Å²) in [6.07, 6.45) is 1.87. The average molecular weight is 326 g/mol. The van der Waals surface area contributed by atoms with E-state index >= 15 is 0 Å². The molecule has 2 aliphatic rings. The third-order valence-electron chi connectivity index (χ3n) is 4.84. The first-order valence-electron chi connectivity index (χ1n) is 7.62. The number of halogens is 2. The van der Waals surface area contributed by atoms with Crippen molar-refractivity contribution >= 4 is 28.8 Å². The fourth-order valence-corrected chi connectivity index (χ4v) is 3.66. The first kappa shape index (κ1) is 16.2. The van der Waals surface area contributed by atoms with Crippen molar-refractivity contribution in [1.82, 2.24) is 0 Å². The van der Waals surface area contributed by atoms with Crippen molar-refractivity contribution in [2.75, 3.05) is 0 Å². The molecule has 1 fully saturated rings. The van der Waals surface area contributed by atoms with Crippen LogP contribution in [0.3, 0.4) is 0 Å². The molecule has 3 rings (SSSR count). The van der Waals surface area contributed by atoms with Gasteiger partial charge in [0.25, 0.3) is 5.92 Å². The highest BCUT2D eigenvalue weighted by atomic mass is 32.1. The molecule has 0 spiro atoms. The monoisotopic (exact) mass is 326 g/mol. The van der Waals surface area contributed by atoms with E-state index in [1.807, 2.05) is 39.8 Å². The molecule has 1 saturated heterocycles. The molecule has 120 valence electrons. The predicted octanol–water partition coefficient (Wildman–Crippen LogP) is 4.25. The van der Waals surface area contributed by atoms with Gasteiger partial charge in [-0.1, -0.05) is 12.1 Å². The maximum absolute atomic E-state index is 13.2. The van der Waals surface area contributed by atoms with Gasteiger partial charge < -0.3 is 9.31 Å². The molecule has 0 atom stereocenters. The second-order valence-electron chi connectivity index (χ2n) is 7.08. The van der Waals surface area contributed by atoms with Crippen molar-refractivity contribution < 1.29 is 18.1 Å². The highest BCUT2D eigenvalue weighted by molar-refractivity contribution is 7.23. The van der Waals surface area contributed by atoms with Crippen LogP contribution < -0.4 is 4.78 Å². The van der Waals surface area contributed by atoms with Crippen LogP contribution in [0.4, 0.5) is 8.78 Å². The Morgan fingerprint density at radius 3 is 2.27 bits per heavy atom. The molecule has 22 heavy (non-hydrogen) atoms. The van der Waals surface area contributed by atoms with E-state index < -0.39 is 5.92 Å². The Hall–Kier alpha value is -0.715. The van der Waals surface area contributed by atoms with Crippen molar-refractivity contribution in [3.05, 3.63) is 23.1 Å². The van der Waals surface area contributed by atoms with Crippen LogP contribution in [0.15, 0.2) is 18.2 Å². The standard InChI is InChI=1S/C16H21BF2O2S/c1-14(2)15(3,4)21-17(20-14)13-6-5-12(22-13)11-7-9-16(18,19)10-8-11/h5-7H,8-10H2,1-4H3. The van der Waals surface area contributed by atoms with Crippen LogP contribution in [-0.4, -0.2) is 24.2 Å². The van der Waals surface area contributed by atoms with Crippen LogP contribution in [0.5, 0.6) is 0 Å². The van der Waals surface area contributed by atoms with Gasteiger partial charge in [-0.15, -0.1) is 11.3 Å². The third-order valence-corrected chi connectivity index (χ3v) is 6.02. The predicted molar refractivity (Wildman–Crippen MR) is 86.8 cm³/mol. The number of hydrogen-bond acceptors (Lipinski definition) is 3. The molecule has 0 unspecified atom stereocenters. The highest BCUT2D eigenvalue weighted by Crippen LogP contribution is 2.39. The smallest absolute Gasteiger partial charge is 0.399 e. The number of alkyl halides is 2. The van der Waals surface area contributed by atoms with Crippen molar-refractivity contribution in [2.45, 2.75) is 64.1 Å².